The van der Waals surface area contributed by atoms with Crippen molar-refractivity contribution in [2.75, 3.05) is 25.5 Å². The zero-order valence-electron chi connectivity index (χ0n) is 14.8. The number of nitrogens with one attached hydrogen (secondary N) is 1. The fourth-order valence-corrected chi connectivity index (χ4v) is 2.78. The summed E-state index contributed by atoms with van der Waals surface area (Å²) in [6.45, 7) is 2.19. The number of nitrogens with zero attached hydrogens (tertiary/aromatic N) is 3. The van der Waals surface area contributed by atoms with Gasteiger partial charge in [-0.3, -0.25) is 14.4 Å². The highest BCUT2D eigenvalue weighted by atomic mass is 79.9. The van der Waals surface area contributed by atoms with Gasteiger partial charge in [0.05, 0.1) is 19.3 Å². The van der Waals surface area contributed by atoms with Gasteiger partial charge in [-0.2, -0.15) is 5.10 Å². The average molecular weight is 427 g/mol. The van der Waals surface area contributed by atoms with Gasteiger partial charge < -0.3 is 10.1 Å². The number of halogens is 2. The molecule has 0 saturated heterocycles. The second-order valence-corrected chi connectivity index (χ2v) is 6.62. The van der Waals surface area contributed by atoms with Crippen molar-refractivity contribution in [3.63, 3.8) is 0 Å². The molecule has 1 aromatic carbocycles. The summed E-state index contributed by atoms with van der Waals surface area (Å²) < 4.78 is 20.9. The van der Waals surface area contributed by atoms with Gasteiger partial charge >= 0.3 is 5.97 Å². The zero-order chi connectivity index (χ0) is 19.3. The van der Waals surface area contributed by atoms with Crippen LogP contribution in [0, 0.1) is 5.82 Å². The predicted octanol–water partition coefficient (Wildman–Crippen LogP) is 2.57. The van der Waals surface area contributed by atoms with Gasteiger partial charge in [-0.1, -0.05) is 15.9 Å². The topological polar surface area (TPSA) is 76.5 Å². The highest BCUT2D eigenvalue weighted by Gasteiger charge is 2.20. The third-order valence-corrected chi connectivity index (χ3v) is 4.05. The number of anilines is 1. The maximum atomic E-state index is 13.8. The summed E-state index contributed by atoms with van der Waals surface area (Å²) >= 11 is 3.30. The van der Waals surface area contributed by atoms with Crippen LogP contribution in [0.15, 0.2) is 28.9 Å². The Morgan fingerprint density at radius 2 is 2.15 bits per heavy atom. The molecule has 1 N–H and O–H groups in total. The van der Waals surface area contributed by atoms with Gasteiger partial charge in [0.15, 0.2) is 0 Å². The fourth-order valence-electron chi connectivity index (χ4n) is 2.37. The second kappa shape index (κ2) is 8.91. The normalized spacial score (nSPS) is 10.8. The lowest BCUT2D eigenvalue weighted by molar-refractivity contribution is -0.117. The first-order valence-electron chi connectivity index (χ1n) is 7.93. The van der Waals surface area contributed by atoms with Crippen LogP contribution in [-0.2, 0) is 23.1 Å². The van der Waals surface area contributed by atoms with Crippen LogP contribution in [0.5, 0.6) is 0 Å². The molecule has 9 heteroatoms. The van der Waals surface area contributed by atoms with Crippen LogP contribution >= 0.6 is 15.9 Å². The summed E-state index contributed by atoms with van der Waals surface area (Å²) in [6, 6.07) is 4.66. The highest BCUT2D eigenvalue weighted by Crippen LogP contribution is 2.18. The average Bonchev–Trinajstić information content (AvgIpc) is 2.92. The first-order chi connectivity index (χ1) is 12.3. The van der Waals surface area contributed by atoms with Crippen molar-refractivity contribution in [1.82, 2.24) is 14.7 Å². The van der Waals surface area contributed by atoms with E-state index in [-0.39, 0.29) is 42.8 Å². The smallest absolute Gasteiger partial charge is 0.343 e. The minimum absolute atomic E-state index is 0.0133. The standard InChI is InChI=1S/C17H20BrFN4O3/c1-4-26-17(25)13-8-20-23(3)16(13)21-15(24)10-22(2)9-11-7-12(18)5-6-14(11)19/h5-8H,4,9-10H2,1-3H3,(H,21,24). The molecule has 0 spiro atoms. The van der Waals surface area contributed by atoms with Crippen LogP contribution in [0.4, 0.5) is 10.2 Å². The van der Waals surface area contributed by atoms with Gasteiger partial charge in [0, 0.05) is 23.6 Å². The minimum Gasteiger partial charge on any atom is -0.462 e. The maximum Gasteiger partial charge on any atom is 0.343 e. The first-order valence-corrected chi connectivity index (χ1v) is 8.72. The van der Waals surface area contributed by atoms with Gasteiger partial charge in [-0.15, -0.1) is 0 Å². The van der Waals surface area contributed by atoms with Crippen molar-refractivity contribution in [1.29, 1.82) is 0 Å². The monoisotopic (exact) mass is 426 g/mol. The molecule has 0 aliphatic rings. The maximum absolute atomic E-state index is 13.8. The molecule has 2 rings (SSSR count). The number of likely N-dealkylation sites (N-methyl/N-ethyl adjacent to an activating group) is 1. The van der Waals surface area contributed by atoms with E-state index in [0.717, 1.165) is 4.47 Å². The second-order valence-electron chi connectivity index (χ2n) is 5.71. The molecule has 0 radical (unpaired) electrons. The predicted molar refractivity (Wildman–Crippen MR) is 98.2 cm³/mol. The lowest BCUT2D eigenvalue weighted by Crippen LogP contribution is -2.31. The van der Waals surface area contributed by atoms with Crippen LogP contribution in [0.3, 0.4) is 0 Å². The van der Waals surface area contributed by atoms with E-state index < -0.39 is 5.97 Å². The number of carbonyl (C=O) groups is 2. The molecule has 2 aromatic rings. The van der Waals surface area contributed by atoms with E-state index in [1.54, 1.807) is 38.1 Å². The number of rotatable bonds is 7. The summed E-state index contributed by atoms with van der Waals surface area (Å²) in [4.78, 5) is 25.9. The molecule has 0 unspecified atom stereocenters. The molecule has 140 valence electrons. The number of benzene rings is 1. The minimum atomic E-state index is -0.555. The number of ether oxygens (including phenoxy) is 1. The Hall–Kier alpha value is -2.26. The summed E-state index contributed by atoms with van der Waals surface area (Å²) in [5.74, 6) is -0.982. The Labute approximate surface area is 159 Å². The van der Waals surface area contributed by atoms with Crippen LogP contribution in [0.2, 0.25) is 0 Å². The molecule has 0 aliphatic heterocycles. The molecule has 1 heterocycles. The van der Waals surface area contributed by atoms with Crippen LogP contribution in [0.1, 0.15) is 22.8 Å². The van der Waals surface area contributed by atoms with E-state index in [1.165, 1.54) is 16.9 Å². The number of amides is 1. The van der Waals surface area contributed by atoms with Crippen molar-refractivity contribution >= 4 is 33.6 Å². The summed E-state index contributed by atoms with van der Waals surface area (Å²) in [6.07, 6.45) is 1.34. The SMILES string of the molecule is CCOC(=O)c1cnn(C)c1NC(=O)CN(C)Cc1cc(Br)ccc1F. The van der Waals surface area contributed by atoms with Crippen molar-refractivity contribution in [3.8, 4) is 0 Å². The van der Waals surface area contributed by atoms with E-state index in [9.17, 15) is 14.0 Å². The number of carbonyl (C=O) groups excluding carboxylic acids is 2. The van der Waals surface area contributed by atoms with Crippen LogP contribution in [0.25, 0.3) is 0 Å². The molecular weight excluding hydrogens is 407 g/mol. The van der Waals surface area contributed by atoms with Crippen molar-refractivity contribution in [3.05, 3.63) is 45.8 Å². The molecule has 1 amide bonds. The quantitative estimate of drug-likeness (QED) is 0.688. The molecule has 0 fully saturated rings. The first kappa shape index (κ1) is 20.1. The van der Waals surface area contributed by atoms with Gasteiger partial charge in [0.2, 0.25) is 5.91 Å². The van der Waals surface area contributed by atoms with Crippen molar-refractivity contribution in [2.24, 2.45) is 7.05 Å². The molecule has 26 heavy (non-hydrogen) atoms. The Morgan fingerprint density at radius 3 is 2.85 bits per heavy atom. The van der Waals surface area contributed by atoms with E-state index in [1.807, 2.05) is 0 Å². The Balaban J connectivity index is 2.01. The largest absolute Gasteiger partial charge is 0.462 e. The third kappa shape index (κ3) is 5.12. The number of esters is 1. The van der Waals surface area contributed by atoms with E-state index in [0.29, 0.717) is 5.56 Å². The Morgan fingerprint density at radius 1 is 1.42 bits per heavy atom. The molecule has 0 bridgehead atoms. The summed E-state index contributed by atoms with van der Waals surface area (Å²) in [7, 11) is 3.31. The van der Waals surface area contributed by atoms with E-state index >= 15 is 0 Å². The third-order valence-electron chi connectivity index (χ3n) is 3.55. The fraction of sp³-hybridized carbons (Fsp3) is 0.353. The number of hydrogen-bond acceptors (Lipinski definition) is 5. The summed E-state index contributed by atoms with van der Waals surface area (Å²) in [5.41, 5.74) is 0.658. The molecule has 0 saturated carbocycles. The van der Waals surface area contributed by atoms with Crippen LogP contribution < -0.4 is 5.32 Å². The van der Waals surface area contributed by atoms with Crippen molar-refractivity contribution in [2.45, 2.75) is 13.5 Å². The number of hydrogen-bond donors (Lipinski definition) is 1. The van der Waals surface area contributed by atoms with Gasteiger partial charge in [-0.05, 0) is 32.2 Å². The van der Waals surface area contributed by atoms with Crippen LogP contribution in [-0.4, -0.2) is 46.8 Å². The molecule has 1 aromatic heterocycles. The van der Waals surface area contributed by atoms with E-state index in [2.05, 4.69) is 26.3 Å². The molecule has 0 aliphatic carbocycles. The Bertz CT molecular complexity index is 809. The molecular formula is C17H20BrFN4O3. The Kier molecular flexibility index (Phi) is 6.87. The van der Waals surface area contributed by atoms with Gasteiger partial charge in [0.25, 0.3) is 0 Å². The zero-order valence-corrected chi connectivity index (χ0v) is 16.3. The van der Waals surface area contributed by atoms with E-state index in [4.69, 9.17) is 4.74 Å². The number of aryl methyl sites for hydroxylation is 1. The van der Waals surface area contributed by atoms with Gasteiger partial charge in [0.1, 0.15) is 17.2 Å². The van der Waals surface area contributed by atoms with Crippen molar-refractivity contribution < 1.29 is 18.7 Å². The van der Waals surface area contributed by atoms with Gasteiger partial charge in [-0.25, -0.2) is 9.18 Å². The molecule has 7 nitrogen and oxygen atoms in total. The molecule has 0 atom stereocenters. The summed E-state index contributed by atoms with van der Waals surface area (Å²) in [5, 5.41) is 6.63. The lowest BCUT2D eigenvalue weighted by atomic mass is 10.2. The lowest BCUT2D eigenvalue weighted by Gasteiger charge is -2.17. The highest BCUT2D eigenvalue weighted by molar-refractivity contribution is 9.10. The number of aromatic nitrogens is 2.